The molecule has 4 heteroatoms. The summed E-state index contributed by atoms with van der Waals surface area (Å²) in [7, 11) is 1.95. The summed E-state index contributed by atoms with van der Waals surface area (Å²) >= 11 is 1.79. The van der Waals surface area contributed by atoms with E-state index in [1.807, 2.05) is 13.1 Å². The molecule has 1 heterocycles. The summed E-state index contributed by atoms with van der Waals surface area (Å²) in [5, 5.41) is 3.23. The van der Waals surface area contributed by atoms with Crippen molar-refractivity contribution in [3.63, 3.8) is 0 Å². The van der Waals surface area contributed by atoms with Crippen LogP contribution >= 0.6 is 11.8 Å². The smallest absolute Gasteiger partial charge is 0.141 e. The molecule has 0 saturated heterocycles. The molecule has 0 spiro atoms. The van der Waals surface area contributed by atoms with Gasteiger partial charge in [0.15, 0.2) is 0 Å². The van der Waals surface area contributed by atoms with Crippen LogP contribution < -0.4 is 5.32 Å². The number of nitrogens with zero attached hydrogens (tertiary/aromatic N) is 2. The van der Waals surface area contributed by atoms with Gasteiger partial charge >= 0.3 is 0 Å². The van der Waals surface area contributed by atoms with Gasteiger partial charge in [-0.25, -0.2) is 9.97 Å². The first-order valence-electron chi connectivity index (χ1n) is 7.11. The summed E-state index contributed by atoms with van der Waals surface area (Å²) in [5.74, 6) is 2.79. The van der Waals surface area contributed by atoms with E-state index in [4.69, 9.17) is 4.98 Å². The van der Waals surface area contributed by atoms with Gasteiger partial charge in [0, 0.05) is 23.2 Å². The largest absolute Gasteiger partial charge is 0.373 e. The summed E-state index contributed by atoms with van der Waals surface area (Å²) in [6.45, 7) is 0. The first-order chi connectivity index (χ1) is 9.86. The summed E-state index contributed by atoms with van der Waals surface area (Å²) in [4.78, 5) is 10.7. The van der Waals surface area contributed by atoms with Crippen molar-refractivity contribution in [2.45, 2.75) is 36.3 Å². The fraction of sp³-hybridized carbons (Fsp3) is 0.375. The lowest BCUT2D eigenvalue weighted by atomic mass is 9.96. The Kier molecular flexibility index (Phi) is 4.21. The van der Waals surface area contributed by atoms with E-state index < -0.39 is 0 Å². The molecule has 104 valence electrons. The topological polar surface area (TPSA) is 37.8 Å². The number of hydrogen-bond donors (Lipinski definition) is 1. The minimum atomic E-state index is 0.825. The average molecular weight is 285 g/mol. The summed E-state index contributed by atoms with van der Waals surface area (Å²) in [6.07, 6.45) is 4.70. The highest BCUT2D eigenvalue weighted by Gasteiger charge is 2.17. The molecule has 0 aliphatic heterocycles. The van der Waals surface area contributed by atoms with Gasteiger partial charge in [-0.3, -0.25) is 0 Å². The Bertz CT molecular complexity index is 567. The summed E-state index contributed by atoms with van der Waals surface area (Å²) in [6, 6.07) is 10.4. The fourth-order valence-electron chi connectivity index (χ4n) is 2.58. The molecule has 0 saturated carbocycles. The van der Waals surface area contributed by atoms with Crippen molar-refractivity contribution in [1.82, 2.24) is 9.97 Å². The highest BCUT2D eigenvalue weighted by atomic mass is 32.2. The zero-order valence-electron chi connectivity index (χ0n) is 11.7. The SMILES string of the molecule is CNc1nc(CSc2ccccc2)nc2c1CCCC2. The lowest BCUT2D eigenvalue weighted by molar-refractivity contribution is 0.659. The second-order valence-electron chi connectivity index (χ2n) is 4.97. The number of aryl methyl sites for hydroxylation is 1. The number of aromatic nitrogens is 2. The van der Waals surface area contributed by atoms with E-state index in [-0.39, 0.29) is 0 Å². The molecule has 1 N–H and O–H groups in total. The molecular formula is C16H19N3S. The van der Waals surface area contributed by atoms with Gasteiger partial charge in [0.05, 0.1) is 5.75 Å². The molecule has 2 aromatic rings. The lowest BCUT2D eigenvalue weighted by Gasteiger charge is -2.18. The van der Waals surface area contributed by atoms with Crippen LogP contribution in [0.5, 0.6) is 0 Å². The van der Waals surface area contributed by atoms with E-state index in [1.54, 1.807) is 11.8 Å². The van der Waals surface area contributed by atoms with E-state index in [2.05, 4.69) is 34.6 Å². The Morgan fingerprint density at radius 2 is 1.90 bits per heavy atom. The van der Waals surface area contributed by atoms with Crippen molar-refractivity contribution in [3.8, 4) is 0 Å². The van der Waals surface area contributed by atoms with Crippen molar-refractivity contribution in [2.75, 3.05) is 12.4 Å². The van der Waals surface area contributed by atoms with Gasteiger partial charge in [-0.1, -0.05) is 18.2 Å². The van der Waals surface area contributed by atoms with Gasteiger partial charge in [0.1, 0.15) is 11.6 Å². The standard InChI is InChI=1S/C16H19N3S/c1-17-16-13-9-5-6-10-14(13)18-15(19-16)11-20-12-7-3-2-4-8-12/h2-4,7-8H,5-6,9-11H2,1H3,(H,17,18,19). The first kappa shape index (κ1) is 13.4. The number of rotatable bonds is 4. The number of anilines is 1. The highest BCUT2D eigenvalue weighted by molar-refractivity contribution is 7.98. The third-order valence-corrected chi connectivity index (χ3v) is 4.59. The van der Waals surface area contributed by atoms with Crippen molar-refractivity contribution in [1.29, 1.82) is 0 Å². The van der Waals surface area contributed by atoms with E-state index >= 15 is 0 Å². The van der Waals surface area contributed by atoms with Crippen LogP contribution in [0, 0.1) is 0 Å². The molecule has 1 aromatic heterocycles. The second-order valence-corrected chi connectivity index (χ2v) is 6.02. The molecule has 0 fully saturated rings. The first-order valence-corrected chi connectivity index (χ1v) is 8.09. The minimum Gasteiger partial charge on any atom is -0.373 e. The molecule has 0 bridgehead atoms. The second kappa shape index (κ2) is 6.27. The zero-order valence-corrected chi connectivity index (χ0v) is 12.5. The number of nitrogens with one attached hydrogen (secondary N) is 1. The number of thioether (sulfide) groups is 1. The predicted molar refractivity (Wildman–Crippen MR) is 84.2 cm³/mol. The maximum absolute atomic E-state index is 4.77. The summed E-state index contributed by atoms with van der Waals surface area (Å²) in [5.41, 5.74) is 2.58. The molecule has 20 heavy (non-hydrogen) atoms. The molecule has 0 atom stereocenters. The van der Waals surface area contributed by atoms with Crippen LogP contribution in [0.2, 0.25) is 0 Å². The predicted octanol–water partition coefficient (Wildman–Crippen LogP) is 3.69. The van der Waals surface area contributed by atoms with Crippen molar-refractivity contribution in [3.05, 3.63) is 47.4 Å². The van der Waals surface area contributed by atoms with Crippen LogP contribution in [-0.4, -0.2) is 17.0 Å². The van der Waals surface area contributed by atoms with Gasteiger partial charge in [-0.05, 0) is 37.8 Å². The molecule has 0 unspecified atom stereocenters. The molecular weight excluding hydrogens is 266 g/mol. The Labute approximate surface area is 124 Å². The number of fused-ring (bicyclic) bond motifs is 1. The summed E-state index contributed by atoms with van der Waals surface area (Å²) < 4.78 is 0. The van der Waals surface area contributed by atoms with Crippen molar-refractivity contribution < 1.29 is 0 Å². The molecule has 3 rings (SSSR count). The molecule has 0 radical (unpaired) electrons. The Hall–Kier alpha value is -1.55. The van der Waals surface area contributed by atoms with E-state index in [0.717, 1.165) is 30.2 Å². The third kappa shape index (κ3) is 2.96. The number of hydrogen-bond acceptors (Lipinski definition) is 4. The number of benzene rings is 1. The van der Waals surface area contributed by atoms with Crippen LogP contribution in [-0.2, 0) is 18.6 Å². The van der Waals surface area contributed by atoms with Gasteiger partial charge in [0.25, 0.3) is 0 Å². The third-order valence-electron chi connectivity index (χ3n) is 3.58. The van der Waals surface area contributed by atoms with Crippen LogP contribution in [0.15, 0.2) is 35.2 Å². The minimum absolute atomic E-state index is 0.825. The normalized spacial score (nSPS) is 13.8. The van der Waals surface area contributed by atoms with Crippen molar-refractivity contribution in [2.24, 2.45) is 0 Å². The molecule has 1 aliphatic rings. The van der Waals surface area contributed by atoms with Crippen LogP contribution in [0.1, 0.15) is 29.9 Å². The van der Waals surface area contributed by atoms with Crippen molar-refractivity contribution >= 4 is 17.6 Å². The Morgan fingerprint density at radius 1 is 1.10 bits per heavy atom. The lowest BCUT2D eigenvalue weighted by Crippen LogP contribution is -2.13. The van der Waals surface area contributed by atoms with Gasteiger partial charge < -0.3 is 5.32 Å². The molecule has 3 nitrogen and oxygen atoms in total. The molecule has 1 aromatic carbocycles. The maximum Gasteiger partial charge on any atom is 0.141 e. The Morgan fingerprint density at radius 3 is 2.70 bits per heavy atom. The molecule has 1 aliphatic carbocycles. The van der Waals surface area contributed by atoms with Gasteiger partial charge in [-0.15, -0.1) is 11.8 Å². The molecule has 0 amide bonds. The monoisotopic (exact) mass is 285 g/mol. The Balaban J connectivity index is 1.79. The zero-order chi connectivity index (χ0) is 13.8. The van der Waals surface area contributed by atoms with E-state index in [9.17, 15) is 0 Å². The quantitative estimate of drug-likeness (QED) is 0.869. The van der Waals surface area contributed by atoms with E-state index in [0.29, 0.717) is 0 Å². The van der Waals surface area contributed by atoms with Gasteiger partial charge in [-0.2, -0.15) is 0 Å². The van der Waals surface area contributed by atoms with Crippen LogP contribution in [0.4, 0.5) is 5.82 Å². The maximum atomic E-state index is 4.77. The van der Waals surface area contributed by atoms with Crippen LogP contribution in [0.25, 0.3) is 0 Å². The van der Waals surface area contributed by atoms with E-state index in [1.165, 1.54) is 29.0 Å². The average Bonchev–Trinajstić information content (AvgIpc) is 2.53. The van der Waals surface area contributed by atoms with Crippen LogP contribution in [0.3, 0.4) is 0 Å². The fourth-order valence-corrected chi connectivity index (χ4v) is 3.36. The van der Waals surface area contributed by atoms with Gasteiger partial charge in [0.2, 0.25) is 0 Å². The highest BCUT2D eigenvalue weighted by Crippen LogP contribution is 2.27.